The van der Waals surface area contributed by atoms with Crippen LogP contribution in [0.3, 0.4) is 0 Å². The maximum Gasteiger partial charge on any atom is 0.146 e. The second-order valence-electron chi connectivity index (χ2n) is 5.85. The topological polar surface area (TPSA) is 29.1 Å². The van der Waals surface area contributed by atoms with Gasteiger partial charge in [0.1, 0.15) is 5.78 Å². The molecule has 88 valence electrons. The van der Waals surface area contributed by atoms with Crippen molar-refractivity contribution in [1.29, 1.82) is 0 Å². The van der Waals surface area contributed by atoms with Gasteiger partial charge in [-0.15, -0.1) is 0 Å². The fraction of sp³-hybridized carbons (Fsp3) is 0.923. The van der Waals surface area contributed by atoms with E-state index in [0.29, 0.717) is 18.2 Å². The van der Waals surface area contributed by atoms with Crippen LogP contribution in [0.2, 0.25) is 0 Å². The molecule has 0 unspecified atom stereocenters. The summed E-state index contributed by atoms with van der Waals surface area (Å²) in [6.07, 6.45) is 7.34. The normalized spacial score (nSPS) is 19.1. The van der Waals surface area contributed by atoms with Crippen molar-refractivity contribution in [2.45, 2.75) is 64.8 Å². The van der Waals surface area contributed by atoms with Crippen LogP contribution >= 0.6 is 0 Å². The molecule has 0 aromatic heterocycles. The highest BCUT2D eigenvalue weighted by atomic mass is 16.1. The van der Waals surface area contributed by atoms with Gasteiger partial charge in [-0.3, -0.25) is 4.79 Å². The number of ketones is 1. The molecule has 1 N–H and O–H groups in total. The van der Waals surface area contributed by atoms with E-state index in [4.69, 9.17) is 0 Å². The summed E-state index contributed by atoms with van der Waals surface area (Å²) >= 11 is 0. The molecule has 0 bridgehead atoms. The van der Waals surface area contributed by atoms with Crippen molar-refractivity contribution in [3.8, 4) is 0 Å². The zero-order valence-corrected chi connectivity index (χ0v) is 10.4. The fourth-order valence-corrected chi connectivity index (χ4v) is 2.15. The van der Waals surface area contributed by atoms with E-state index in [1.807, 2.05) is 0 Å². The van der Waals surface area contributed by atoms with Crippen LogP contribution < -0.4 is 5.32 Å². The zero-order valence-electron chi connectivity index (χ0n) is 10.4. The predicted molar refractivity (Wildman–Crippen MR) is 64.0 cm³/mol. The minimum Gasteiger partial charge on any atom is -0.305 e. The van der Waals surface area contributed by atoms with Crippen molar-refractivity contribution < 1.29 is 4.79 Å². The van der Waals surface area contributed by atoms with E-state index >= 15 is 0 Å². The lowest BCUT2D eigenvalue weighted by atomic mass is 9.86. The van der Waals surface area contributed by atoms with Crippen LogP contribution in [0.15, 0.2) is 0 Å². The van der Waals surface area contributed by atoms with Crippen LogP contribution in [0.25, 0.3) is 0 Å². The fourth-order valence-electron chi connectivity index (χ4n) is 2.15. The van der Waals surface area contributed by atoms with Gasteiger partial charge in [0.05, 0.1) is 6.54 Å². The van der Waals surface area contributed by atoms with E-state index < -0.39 is 0 Å². The van der Waals surface area contributed by atoms with Gasteiger partial charge in [-0.1, -0.05) is 32.1 Å². The van der Waals surface area contributed by atoms with Gasteiger partial charge >= 0.3 is 0 Å². The summed E-state index contributed by atoms with van der Waals surface area (Å²) in [6, 6.07) is 0. The highest BCUT2D eigenvalue weighted by Crippen LogP contribution is 2.26. The van der Waals surface area contributed by atoms with Crippen LogP contribution in [0, 0.1) is 5.92 Å². The minimum absolute atomic E-state index is 0.0578. The Labute approximate surface area is 93.8 Å². The van der Waals surface area contributed by atoms with Crippen molar-refractivity contribution in [1.82, 2.24) is 5.32 Å². The van der Waals surface area contributed by atoms with Crippen molar-refractivity contribution in [3.63, 3.8) is 0 Å². The van der Waals surface area contributed by atoms with E-state index in [9.17, 15) is 4.79 Å². The monoisotopic (exact) mass is 211 g/mol. The van der Waals surface area contributed by atoms with Crippen LogP contribution in [0.5, 0.6) is 0 Å². The van der Waals surface area contributed by atoms with E-state index in [2.05, 4.69) is 26.1 Å². The number of hydrogen-bond acceptors (Lipinski definition) is 2. The molecule has 1 saturated carbocycles. The second kappa shape index (κ2) is 5.64. The Balaban J connectivity index is 2.17. The molecule has 1 fully saturated rings. The Kier molecular flexibility index (Phi) is 4.78. The maximum atomic E-state index is 11.7. The second-order valence-corrected chi connectivity index (χ2v) is 5.85. The number of rotatable bonds is 4. The molecule has 15 heavy (non-hydrogen) atoms. The standard InChI is InChI=1S/C13H25NO/c1-13(2,3)14-10-12(15)9-11-7-5-4-6-8-11/h11,14H,4-10H2,1-3H3. The number of Topliss-reactive ketones (excluding diaryl/α,β-unsaturated/α-hetero) is 1. The molecule has 1 aliphatic carbocycles. The summed E-state index contributed by atoms with van der Waals surface area (Å²) in [5, 5.41) is 3.26. The molecule has 0 aromatic rings. The number of carbonyl (C=O) groups is 1. The van der Waals surface area contributed by atoms with Crippen LogP contribution in [-0.4, -0.2) is 17.9 Å². The summed E-state index contributed by atoms with van der Waals surface area (Å²) in [6.45, 7) is 6.84. The first kappa shape index (κ1) is 12.7. The molecule has 0 amide bonds. The maximum absolute atomic E-state index is 11.7. The van der Waals surface area contributed by atoms with E-state index in [0.717, 1.165) is 6.42 Å². The minimum atomic E-state index is 0.0578. The van der Waals surface area contributed by atoms with Gasteiger partial charge in [-0.05, 0) is 26.7 Å². The molecular weight excluding hydrogens is 186 g/mol. The highest BCUT2D eigenvalue weighted by molar-refractivity contribution is 5.80. The van der Waals surface area contributed by atoms with E-state index in [1.165, 1.54) is 32.1 Å². The molecular formula is C13H25NO. The van der Waals surface area contributed by atoms with E-state index in [-0.39, 0.29) is 5.54 Å². The summed E-state index contributed by atoms with van der Waals surface area (Å²) in [7, 11) is 0. The number of hydrogen-bond donors (Lipinski definition) is 1. The van der Waals surface area contributed by atoms with Crippen molar-refractivity contribution >= 4 is 5.78 Å². The molecule has 0 spiro atoms. The Morgan fingerprint density at radius 3 is 2.33 bits per heavy atom. The summed E-state index contributed by atoms with van der Waals surface area (Å²) < 4.78 is 0. The molecule has 1 aliphatic rings. The third kappa shape index (κ3) is 5.93. The molecule has 0 atom stereocenters. The first-order valence-electron chi connectivity index (χ1n) is 6.24. The Bertz CT molecular complexity index is 199. The molecule has 0 heterocycles. The van der Waals surface area contributed by atoms with Gasteiger partial charge in [0.2, 0.25) is 0 Å². The lowest BCUT2D eigenvalue weighted by Crippen LogP contribution is -2.39. The smallest absolute Gasteiger partial charge is 0.146 e. The number of carbonyl (C=O) groups excluding carboxylic acids is 1. The average Bonchev–Trinajstić information content (AvgIpc) is 2.15. The van der Waals surface area contributed by atoms with Crippen LogP contribution in [0.1, 0.15) is 59.3 Å². The molecule has 0 aliphatic heterocycles. The predicted octanol–water partition coefficient (Wildman–Crippen LogP) is 2.91. The lowest BCUT2D eigenvalue weighted by molar-refractivity contribution is -0.119. The summed E-state index contributed by atoms with van der Waals surface area (Å²) in [5.74, 6) is 1.06. The third-order valence-corrected chi connectivity index (χ3v) is 3.06. The zero-order chi connectivity index (χ0) is 11.3. The van der Waals surface area contributed by atoms with Crippen LogP contribution in [-0.2, 0) is 4.79 Å². The van der Waals surface area contributed by atoms with Gasteiger partial charge in [0.25, 0.3) is 0 Å². The first-order chi connectivity index (χ1) is 6.97. The van der Waals surface area contributed by atoms with Gasteiger partial charge in [0.15, 0.2) is 0 Å². The van der Waals surface area contributed by atoms with Gasteiger partial charge < -0.3 is 5.32 Å². The average molecular weight is 211 g/mol. The van der Waals surface area contributed by atoms with Crippen molar-refractivity contribution in [2.75, 3.05) is 6.54 Å². The highest BCUT2D eigenvalue weighted by Gasteiger charge is 2.18. The SMILES string of the molecule is CC(C)(C)NCC(=O)CC1CCCCC1. The van der Waals surface area contributed by atoms with E-state index in [1.54, 1.807) is 0 Å². The third-order valence-electron chi connectivity index (χ3n) is 3.06. The van der Waals surface area contributed by atoms with Crippen molar-refractivity contribution in [3.05, 3.63) is 0 Å². The van der Waals surface area contributed by atoms with Gasteiger partial charge in [-0.25, -0.2) is 0 Å². The van der Waals surface area contributed by atoms with Gasteiger partial charge in [-0.2, -0.15) is 0 Å². The largest absolute Gasteiger partial charge is 0.305 e. The Morgan fingerprint density at radius 1 is 1.20 bits per heavy atom. The molecule has 2 nitrogen and oxygen atoms in total. The molecule has 2 heteroatoms. The summed E-state index contributed by atoms with van der Waals surface area (Å²) in [5.41, 5.74) is 0.0578. The summed E-state index contributed by atoms with van der Waals surface area (Å²) in [4.78, 5) is 11.7. The quantitative estimate of drug-likeness (QED) is 0.774. The van der Waals surface area contributed by atoms with Gasteiger partial charge in [0, 0.05) is 12.0 Å². The Hall–Kier alpha value is -0.370. The molecule has 0 aromatic carbocycles. The Morgan fingerprint density at radius 2 is 1.80 bits per heavy atom. The lowest BCUT2D eigenvalue weighted by Gasteiger charge is -2.23. The molecule has 1 rings (SSSR count). The van der Waals surface area contributed by atoms with Crippen LogP contribution in [0.4, 0.5) is 0 Å². The van der Waals surface area contributed by atoms with Crippen molar-refractivity contribution in [2.24, 2.45) is 5.92 Å². The molecule has 0 saturated heterocycles. The number of nitrogens with one attached hydrogen (secondary N) is 1. The first-order valence-corrected chi connectivity index (χ1v) is 6.24. The molecule has 0 radical (unpaired) electrons.